The van der Waals surface area contributed by atoms with Crippen LogP contribution in [0.2, 0.25) is 0 Å². The minimum Gasteiger partial charge on any atom is -0.299 e. The fourth-order valence-electron chi connectivity index (χ4n) is 1.50. The SMILES string of the molecule is CCCCCCCCCC=C/C=C\C=O. The van der Waals surface area contributed by atoms with Crippen molar-refractivity contribution in [2.45, 2.75) is 58.3 Å². The molecule has 0 N–H and O–H groups in total. The number of hydrogen-bond acceptors (Lipinski definition) is 1. The lowest BCUT2D eigenvalue weighted by Crippen LogP contribution is -1.78. The van der Waals surface area contributed by atoms with Gasteiger partial charge in [0.1, 0.15) is 6.29 Å². The Morgan fingerprint density at radius 1 is 0.800 bits per heavy atom. The van der Waals surface area contributed by atoms with Gasteiger partial charge >= 0.3 is 0 Å². The van der Waals surface area contributed by atoms with E-state index in [1.54, 1.807) is 6.08 Å². The van der Waals surface area contributed by atoms with Crippen molar-refractivity contribution in [2.75, 3.05) is 0 Å². The van der Waals surface area contributed by atoms with Gasteiger partial charge in [-0.3, -0.25) is 4.79 Å². The lowest BCUT2D eigenvalue weighted by Gasteiger charge is -1.98. The second-order valence-corrected chi connectivity index (χ2v) is 3.86. The van der Waals surface area contributed by atoms with Crippen LogP contribution in [-0.2, 0) is 4.79 Å². The van der Waals surface area contributed by atoms with Crippen molar-refractivity contribution in [3.8, 4) is 0 Å². The van der Waals surface area contributed by atoms with Crippen molar-refractivity contribution in [1.29, 1.82) is 0 Å². The molecule has 0 heterocycles. The molecule has 0 spiro atoms. The summed E-state index contributed by atoms with van der Waals surface area (Å²) in [4.78, 5) is 9.94. The van der Waals surface area contributed by atoms with Crippen molar-refractivity contribution in [3.05, 3.63) is 24.3 Å². The van der Waals surface area contributed by atoms with Crippen molar-refractivity contribution >= 4 is 6.29 Å². The quantitative estimate of drug-likeness (QED) is 0.224. The number of unbranched alkanes of at least 4 members (excludes halogenated alkanes) is 7. The van der Waals surface area contributed by atoms with Crippen molar-refractivity contribution in [1.82, 2.24) is 0 Å². The number of rotatable bonds is 10. The molecular formula is C14H24O. The first-order valence-electron chi connectivity index (χ1n) is 6.18. The smallest absolute Gasteiger partial charge is 0.142 e. The number of carbonyl (C=O) groups excluding carboxylic acids is 1. The third kappa shape index (κ3) is 13.2. The summed E-state index contributed by atoms with van der Waals surface area (Å²) in [5, 5.41) is 0. The molecule has 0 aliphatic rings. The Morgan fingerprint density at radius 3 is 2.13 bits per heavy atom. The highest BCUT2D eigenvalue weighted by molar-refractivity contribution is 5.65. The van der Waals surface area contributed by atoms with E-state index in [1.807, 2.05) is 6.08 Å². The molecule has 0 fully saturated rings. The zero-order valence-electron chi connectivity index (χ0n) is 9.95. The maximum absolute atomic E-state index is 9.94. The zero-order chi connectivity index (χ0) is 11.2. The van der Waals surface area contributed by atoms with Gasteiger partial charge in [-0.1, -0.05) is 63.7 Å². The van der Waals surface area contributed by atoms with Crippen LogP contribution in [0.4, 0.5) is 0 Å². The molecule has 0 bridgehead atoms. The summed E-state index contributed by atoms with van der Waals surface area (Å²) in [5.41, 5.74) is 0. The van der Waals surface area contributed by atoms with Crippen molar-refractivity contribution < 1.29 is 4.79 Å². The average Bonchev–Trinajstić information content (AvgIpc) is 2.26. The van der Waals surface area contributed by atoms with Crippen LogP contribution < -0.4 is 0 Å². The average molecular weight is 208 g/mol. The summed E-state index contributed by atoms with van der Waals surface area (Å²) in [6, 6.07) is 0. The third-order valence-corrected chi connectivity index (χ3v) is 2.41. The molecule has 0 aliphatic carbocycles. The summed E-state index contributed by atoms with van der Waals surface area (Å²) in [5.74, 6) is 0. The highest BCUT2D eigenvalue weighted by Gasteiger charge is 1.88. The molecule has 0 atom stereocenters. The van der Waals surface area contributed by atoms with Crippen LogP contribution in [0.1, 0.15) is 58.3 Å². The summed E-state index contributed by atoms with van der Waals surface area (Å²) in [6.07, 6.45) is 18.8. The molecular weight excluding hydrogens is 184 g/mol. The van der Waals surface area contributed by atoms with Gasteiger partial charge in [-0.05, 0) is 18.9 Å². The van der Waals surface area contributed by atoms with Gasteiger partial charge in [0.2, 0.25) is 0 Å². The summed E-state index contributed by atoms with van der Waals surface area (Å²) in [6.45, 7) is 2.25. The van der Waals surface area contributed by atoms with E-state index in [-0.39, 0.29) is 0 Å². The van der Waals surface area contributed by atoms with E-state index in [0.29, 0.717) is 0 Å². The van der Waals surface area contributed by atoms with Gasteiger partial charge in [-0.25, -0.2) is 0 Å². The number of hydrogen-bond donors (Lipinski definition) is 0. The van der Waals surface area contributed by atoms with E-state index in [4.69, 9.17) is 0 Å². The van der Waals surface area contributed by atoms with Gasteiger partial charge in [-0.2, -0.15) is 0 Å². The number of carbonyl (C=O) groups is 1. The summed E-state index contributed by atoms with van der Waals surface area (Å²) in [7, 11) is 0. The Bertz CT molecular complexity index is 180. The predicted molar refractivity (Wildman–Crippen MR) is 67.0 cm³/mol. The molecule has 15 heavy (non-hydrogen) atoms. The molecule has 86 valence electrons. The maximum Gasteiger partial charge on any atom is 0.142 e. The molecule has 1 nitrogen and oxygen atoms in total. The van der Waals surface area contributed by atoms with Gasteiger partial charge < -0.3 is 0 Å². The monoisotopic (exact) mass is 208 g/mol. The largest absolute Gasteiger partial charge is 0.299 e. The Kier molecular flexibility index (Phi) is 12.4. The van der Waals surface area contributed by atoms with E-state index < -0.39 is 0 Å². The standard InChI is InChI=1S/C14H24O/c1-2-3-4-5-6-7-8-9-10-11-12-13-14-15/h10-14H,2-9H2,1H3/b11-10?,13-12-. The lowest BCUT2D eigenvalue weighted by atomic mass is 10.1. The normalized spacial score (nSPS) is 11.5. The first-order chi connectivity index (χ1) is 7.41. The van der Waals surface area contributed by atoms with Crippen molar-refractivity contribution in [3.63, 3.8) is 0 Å². The molecule has 0 saturated carbocycles. The highest BCUT2D eigenvalue weighted by atomic mass is 16.1. The molecule has 0 aromatic carbocycles. The maximum atomic E-state index is 9.94. The topological polar surface area (TPSA) is 17.1 Å². The molecule has 0 aromatic heterocycles. The van der Waals surface area contributed by atoms with Crippen LogP contribution in [0.5, 0.6) is 0 Å². The molecule has 0 saturated heterocycles. The van der Waals surface area contributed by atoms with Crippen LogP contribution in [0, 0.1) is 0 Å². The third-order valence-electron chi connectivity index (χ3n) is 2.41. The molecule has 0 radical (unpaired) electrons. The first-order valence-corrected chi connectivity index (χ1v) is 6.18. The highest BCUT2D eigenvalue weighted by Crippen LogP contribution is 2.08. The Balaban J connectivity index is 3.07. The van der Waals surface area contributed by atoms with E-state index in [2.05, 4.69) is 13.0 Å². The number of allylic oxidation sites excluding steroid dienone is 4. The second kappa shape index (κ2) is 13.2. The van der Waals surface area contributed by atoms with Crippen LogP contribution >= 0.6 is 0 Å². The van der Waals surface area contributed by atoms with E-state index in [9.17, 15) is 4.79 Å². The molecule has 0 unspecified atom stereocenters. The zero-order valence-corrected chi connectivity index (χ0v) is 9.95. The Hall–Kier alpha value is -0.850. The Labute approximate surface area is 94.3 Å². The van der Waals surface area contributed by atoms with Gasteiger partial charge in [0, 0.05) is 0 Å². The van der Waals surface area contributed by atoms with E-state index in [0.717, 1.165) is 12.7 Å². The molecule has 1 heteroatoms. The van der Waals surface area contributed by atoms with E-state index in [1.165, 1.54) is 51.0 Å². The summed E-state index contributed by atoms with van der Waals surface area (Å²) < 4.78 is 0. The van der Waals surface area contributed by atoms with E-state index >= 15 is 0 Å². The molecule has 0 rings (SSSR count). The van der Waals surface area contributed by atoms with Crippen LogP contribution in [-0.4, -0.2) is 6.29 Å². The minimum atomic E-state index is 0.804. The van der Waals surface area contributed by atoms with Crippen molar-refractivity contribution in [2.24, 2.45) is 0 Å². The Morgan fingerprint density at radius 2 is 1.47 bits per heavy atom. The second-order valence-electron chi connectivity index (χ2n) is 3.86. The molecule has 0 aliphatic heterocycles. The predicted octanol–water partition coefficient (Wildman–Crippen LogP) is 4.44. The fourth-order valence-corrected chi connectivity index (χ4v) is 1.50. The lowest BCUT2D eigenvalue weighted by molar-refractivity contribution is -0.104. The van der Waals surface area contributed by atoms with Gasteiger partial charge in [0.05, 0.1) is 0 Å². The van der Waals surface area contributed by atoms with Crippen LogP contribution in [0.3, 0.4) is 0 Å². The number of aldehydes is 1. The molecule has 0 amide bonds. The van der Waals surface area contributed by atoms with Crippen LogP contribution in [0.15, 0.2) is 24.3 Å². The molecule has 0 aromatic rings. The summed E-state index contributed by atoms with van der Waals surface area (Å²) >= 11 is 0. The van der Waals surface area contributed by atoms with Gasteiger partial charge in [0.15, 0.2) is 0 Å². The fraction of sp³-hybridized carbons (Fsp3) is 0.643. The minimum absolute atomic E-state index is 0.804. The van der Waals surface area contributed by atoms with Gasteiger partial charge in [0.25, 0.3) is 0 Å². The van der Waals surface area contributed by atoms with Gasteiger partial charge in [-0.15, -0.1) is 0 Å². The van der Waals surface area contributed by atoms with Crippen LogP contribution in [0.25, 0.3) is 0 Å². The first kappa shape index (κ1) is 14.2.